The number of carbonyl (C=O) groups excluding carboxylic acids is 1. The fourth-order valence-electron chi connectivity index (χ4n) is 2.41. The van der Waals surface area contributed by atoms with E-state index in [2.05, 4.69) is 26.0 Å². The Morgan fingerprint density at radius 2 is 2.00 bits per heavy atom. The van der Waals surface area contributed by atoms with Crippen LogP contribution in [-0.4, -0.2) is 27.5 Å². The minimum Gasteiger partial charge on any atom is -0.496 e. The van der Waals surface area contributed by atoms with Crippen LogP contribution < -0.4 is 14.8 Å². The van der Waals surface area contributed by atoms with E-state index in [0.29, 0.717) is 11.4 Å². The van der Waals surface area contributed by atoms with E-state index >= 15 is 0 Å². The third-order valence-electron chi connectivity index (χ3n) is 3.92. The molecule has 0 saturated heterocycles. The second-order valence-corrected chi connectivity index (χ2v) is 8.76. The SMILES string of the molecule is COc1ccc(Br)cc1/C=C/C(=O)Nc1cccc(S(=O)(=O)NC2CC2)c1. The molecule has 0 aromatic heterocycles. The maximum atomic E-state index is 12.3. The van der Waals surface area contributed by atoms with Gasteiger partial charge in [0.15, 0.2) is 0 Å². The average Bonchev–Trinajstić information content (AvgIpc) is 3.43. The second kappa shape index (κ2) is 8.24. The van der Waals surface area contributed by atoms with Gasteiger partial charge < -0.3 is 10.1 Å². The van der Waals surface area contributed by atoms with Gasteiger partial charge in [0.25, 0.3) is 0 Å². The zero-order chi connectivity index (χ0) is 19.4. The van der Waals surface area contributed by atoms with Crippen molar-refractivity contribution in [2.75, 3.05) is 12.4 Å². The third-order valence-corrected chi connectivity index (χ3v) is 5.93. The van der Waals surface area contributed by atoms with Crippen molar-refractivity contribution in [3.8, 4) is 5.75 Å². The number of rotatable bonds is 7. The number of anilines is 1. The van der Waals surface area contributed by atoms with E-state index in [0.717, 1.165) is 22.9 Å². The van der Waals surface area contributed by atoms with Crippen molar-refractivity contribution in [2.24, 2.45) is 0 Å². The van der Waals surface area contributed by atoms with Crippen molar-refractivity contribution in [2.45, 2.75) is 23.8 Å². The van der Waals surface area contributed by atoms with E-state index in [4.69, 9.17) is 4.74 Å². The molecule has 1 saturated carbocycles. The lowest BCUT2D eigenvalue weighted by molar-refractivity contribution is -0.111. The van der Waals surface area contributed by atoms with Crippen molar-refractivity contribution in [3.63, 3.8) is 0 Å². The molecule has 27 heavy (non-hydrogen) atoms. The maximum absolute atomic E-state index is 12.3. The lowest BCUT2D eigenvalue weighted by Crippen LogP contribution is -2.25. The van der Waals surface area contributed by atoms with Crippen LogP contribution in [-0.2, 0) is 14.8 Å². The molecular formula is C19H19BrN2O4S. The van der Waals surface area contributed by atoms with Gasteiger partial charge in [0.1, 0.15) is 5.75 Å². The minimum atomic E-state index is -3.57. The van der Waals surface area contributed by atoms with Crippen molar-refractivity contribution in [3.05, 3.63) is 58.6 Å². The van der Waals surface area contributed by atoms with Gasteiger partial charge in [-0.2, -0.15) is 0 Å². The Bertz CT molecular complexity index is 985. The van der Waals surface area contributed by atoms with Crippen molar-refractivity contribution >= 4 is 43.6 Å². The van der Waals surface area contributed by atoms with Crippen LogP contribution in [0.5, 0.6) is 5.75 Å². The summed E-state index contributed by atoms with van der Waals surface area (Å²) < 4.78 is 33.3. The Kier molecular flexibility index (Phi) is 5.98. The van der Waals surface area contributed by atoms with Gasteiger partial charge >= 0.3 is 0 Å². The highest BCUT2D eigenvalue weighted by molar-refractivity contribution is 9.10. The highest BCUT2D eigenvalue weighted by Crippen LogP contribution is 2.25. The molecule has 2 aromatic rings. The summed E-state index contributed by atoms with van der Waals surface area (Å²) in [7, 11) is -2.01. The van der Waals surface area contributed by atoms with Crippen molar-refractivity contribution in [1.29, 1.82) is 0 Å². The number of sulfonamides is 1. The summed E-state index contributed by atoms with van der Waals surface area (Å²) in [4.78, 5) is 12.3. The molecule has 2 aromatic carbocycles. The van der Waals surface area contributed by atoms with Crippen LogP contribution in [0.3, 0.4) is 0 Å². The molecule has 0 atom stereocenters. The quantitative estimate of drug-likeness (QED) is 0.631. The summed E-state index contributed by atoms with van der Waals surface area (Å²) >= 11 is 3.38. The van der Waals surface area contributed by atoms with Crippen molar-refractivity contribution in [1.82, 2.24) is 4.72 Å². The highest BCUT2D eigenvalue weighted by Gasteiger charge is 2.28. The van der Waals surface area contributed by atoms with Gasteiger partial charge in [-0.3, -0.25) is 4.79 Å². The van der Waals surface area contributed by atoms with Gasteiger partial charge in [0.05, 0.1) is 12.0 Å². The molecule has 142 valence electrons. The Labute approximate surface area is 166 Å². The molecule has 0 bridgehead atoms. The molecule has 8 heteroatoms. The number of benzene rings is 2. The second-order valence-electron chi connectivity index (χ2n) is 6.13. The van der Waals surface area contributed by atoms with E-state index in [1.165, 1.54) is 18.2 Å². The topological polar surface area (TPSA) is 84.5 Å². The van der Waals surface area contributed by atoms with Gasteiger partial charge in [-0.05, 0) is 55.3 Å². The molecule has 3 rings (SSSR count). The van der Waals surface area contributed by atoms with Crippen LogP contribution in [0, 0.1) is 0 Å². The van der Waals surface area contributed by atoms with E-state index in [9.17, 15) is 13.2 Å². The summed E-state index contributed by atoms with van der Waals surface area (Å²) in [6.45, 7) is 0. The standard InChI is InChI=1S/C19H19BrN2O4S/c1-26-18-9-6-14(20)11-13(18)5-10-19(23)21-16-3-2-4-17(12-16)27(24,25)22-15-7-8-15/h2-6,9-12,15,22H,7-8H2,1H3,(H,21,23)/b10-5+. The van der Waals surface area contributed by atoms with Crippen LogP contribution >= 0.6 is 15.9 Å². The summed E-state index contributed by atoms with van der Waals surface area (Å²) in [6.07, 6.45) is 4.72. The number of methoxy groups -OCH3 is 1. The minimum absolute atomic E-state index is 0.0244. The Balaban J connectivity index is 1.71. The first-order chi connectivity index (χ1) is 12.9. The number of carbonyl (C=O) groups is 1. The van der Waals surface area contributed by atoms with Crippen LogP contribution in [0.15, 0.2) is 57.9 Å². The Morgan fingerprint density at radius 3 is 2.70 bits per heavy atom. The molecule has 1 fully saturated rings. The van der Waals surface area contributed by atoms with Gasteiger partial charge in [0.2, 0.25) is 15.9 Å². The molecule has 0 heterocycles. The Morgan fingerprint density at radius 1 is 1.22 bits per heavy atom. The summed E-state index contributed by atoms with van der Waals surface area (Å²) in [6, 6.07) is 11.7. The predicted octanol–water partition coefficient (Wildman–Crippen LogP) is 3.55. The number of nitrogens with one attached hydrogen (secondary N) is 2. The number of hydrogen-bond donors (Lipinski definition) is 2. The van der Waals surface area contributed by atoms with Crippen LogP contribution in [0.4, 0.5) is 5.69 Å². The third kappa shape index (κ3) is 5.41. The fraction of sp³-hybridized carbons (Fsp3) is 0.211. The number of ether oxygens (including phenoxy) is 1. The van der Waals surface area contributed by atoms with Gasteiger partial charge in [0, 0.05) is 27.8 Å². The Hall–Kier alpha value is -2.16. The molecule has 0 radical (unpaired) electrons. The highest BCUT2D eigenvalue weighted by atomic mass is 79.9. The predicted molar refractivity (Wildman–Crippen MR) is 108 cm³/mol. The molecule has 1 aliphatic carbocycles. The lowest BCUT2D eigenvalue weighted by atomic mass is 10.2. The maximum Gasteiger partial charge on any atom is 0.248 e. The number of halogens is 1. The zero-order valence-electron chi connectivity index (χ0n) is 14.6. The molecule has 0 aliphatic heterocycles. The molecule has 1 aliphatic rings. The summed E-state index contributed by atoms with van der Waals surface area (Å²) in [5.74, 6) is 0.267. The zero-order valence-corrected chi connectivity index (χ0v) is 17.0. The van der Waals surface area contributed by atoms with Crippen LogP contribution in [0.1, 0.15) is 18.4 Å². The van der Waals surface area contributed by atoms with E-state index in [1.54, 1.807) is 31.4 Å². The van der Waals surface area contributed by atoms with Crippen LogP contribution in [0.25, 0.3) is 6.08 Å². The molecule has 1 amide bonds. The first-order valence-electron chi connectivity index (χ1n) is 8.32. The molecular weight excluding hydrogens is 432 g/mol. The van der Waals surface area contributed by atoms with Gasteiger partial charge in [-0.15, -0.1) is 0 Å². The largest absolute Gasteiger partial charge is 0.496 e. The molecule has 0 unspecified atom stereocenters. The van der Waals surface area contributed by atoms with Crippen LogP contribution in [0.2, 0.25) is 0 Å². The van der Waals surface area contributed by atoms with Crippen molar-refractivity contribution < 1.29 is 17.9 Å². The molecule has 0 spiro atoms. The fourth-order valence-corrected chi connectivity index (χ4v) is 4.14. The average molecular weight is 451 g/mol. The summed E-state index contributed by atoms with van der Waals surface area (Å²) in [5, 5.41) is 2.68. The first-order valence-corrected chi connectivity index (χ1v) is 10.6. The molecule has 6 nitrogen and oxygen atoms in total. The normalized spacial score (nSPS) is 14.3. The molecule has 2 N–H and O–H groups in total. The van der Waals surface area contributed by atoms with Gasteiger partial charge in [-0.1, -0.05) is 22.0 Å². The lowest BCUT2D eigenvalue weighted by Gasteiger charge is -2.08. The smallest absolute Gasteiger partial charge is 0.248 e. The van der Waals surface area contributed by atoms with E-state index in [1.807, 2.05) is 12.1 Å². The summed E-state index contributed by atoms with van der Waals surface area (Å²) in [5.41, 5.74) is 1.15. The number of amides is 1. The van der Waals surface area contributed by atoms with Gasteiger partial charge in [-0.25, -0.2) is 13.1 Å². The number of hydrogen-bond acceptors (Lipinski definition) is 4. The monoisotopic (exact) mass is 450 g/mol. The van der Waals surface area contributed by atoms with E-state index < -0.39 is 10.0 Å². The first kappa shape index (κ1) is 19.6. The van der Waals surface area contributed by atoms with E-state index in [-0.39, 0.29) is 16.8 Å².